The predicted octanol–water partition coefficient (Wildman–Crippen LogP) is 3.00. The Hall–Kier alpha value is -0.880. The Balaban J connectivity index is 2.16. The van der Waals surface area contributed by atoms with Crippen LogP contribution in [0.5, 0.6) is 0 Å². The minimum atomic E-state index is -0.448. The van der Waals surface area contributed by atoms with Crippen molar-refractivity contribution in [3.05, 3.63) is 4.88 Å². The molecule has 1 aliphatic carbocycles. The fourth-order valence-electron chi connectivity index (χ4n) is 2.31. The third-order valence-electron chi connectivity index (χ3n) is 4.05. The summed E-state index contributed by atoms with van der Waals surface area (Å²) >= 11 is 2.92. The highest BCUT2D eigenvalue weighted by atomic mass is 32.2. The van der Waals surface area contributed by atoms with Gasteiger partial charge in [-0.05, 0) is 30.4 Å². The number of primary amides is 1. The zero-order valence-corrected chi connectivity index (χ0v) is 13.2. The minimum absolute atomic E-state index is 0.418. The van der Waals surface area contributed by atoms with Crippen LogP contribution >= 0.6 is 23.1 Å². The Morgan fingerprint density at radius 3 is 2.58 bits per heavy atom. The van der Waals surface area contributed by atoms with Gasteiger partial charge in [0, 0.05) is 6.54 Å². The van der Waals surface area contributed by atoms with E-state index in [4.69, 9.17) is 11.5 Å². The van der Waals surface area contributed by atoms with Gasteiger partial charge in [-0.15, -0.1) is 23.1 Å². The number of nitrogens with one attached hydrogen (secondary N) is 1. The van der Waals surface area contributed by atoms with Gasteiger partial charge in [0.1, 0.15) is 9.88 Å². The number of nitrogens with two attached hydrogens (primary N) is 2. The second-order valence-corrected chi connectivity index (χ2v) is 7.28. The molecule has 1 heterocycles. The van der Waals surface area contributed by atoms with E-state index in [0.29, 0.717) is 21.9 Å². The molecule has 4 nitrogen and oxygen atoms in total. The van der Waals surface area contributed by atoms with Crippen LogP contribution in [0.15, 0.2) is 4.90 Å². The molecule has 1 aliphatic rings. The molecule has 1 fully saturated rings. The second kappa shape index (κ2) is 5.25. The molecule has 0 radical (unpaired) electrons. The summed E-state index contributed by atoms with van der Waals surface area (Å²) in [5, 5.41) is 4.45. The smallest absolute Gasteiger partial charge is 0.261 e. The summed E-state index contributed by atoms with van der Waals surface area (Å²) in [7, 11) is 0. The lowest BCUT2D eigenvalue weighted by Gasteiger charge is -2.20. The molecule has 2 rings (SSSR count). The summed E-state index contributed by atoms with van der Waals surface area (Å²) in [6.07, 6.45) is 4.51. The van der Waals surface area contributed by atoms with Crippen molar-refractivity contribution in [3.8, 4) is 0 Å². The molecule has 0 atom stereocenters. The summed E-state index contributed by atoms with van der Waals surface area (Å²) in [5.74, 6) is 0.224. The minimum Gasteiger partial charge on any atom is -0.396 e. The number of hydrogen-bond acceptors (Lipinski definition) is 5. The number of nitrogen functional groups attached to an aromatic ring is 1. The lowest BCUT2D eigenvalue weighted by molar-refractivity contribution is 0.100. The van der Waals surface area contributed by atoms with Crippen LogP contribution in [0.1, 0.15) is 36.4 Å². The summed E-state index contributed by atoms with van der Waals surface area (Å²) in [6.45, 7) is 5.47. The molecule has 0 bridgehead atoms. The fourth-order valence-corrected chi connectivity index (χ4v) is 4.19. The van der Waals surface area contributed by atoms with Crippen molar-refractivity contribution >= 4 is 39.7 Å². The number of thiophene rings is 1. The average Bonchev–Trinajstić information content (AvgIpc) is 3.06. The topological polar surface area (TPSA) is 81.1 Å². The second-order valence-electron chi connectivity index (χ2n) is 5.44. The average molecular weight is 299 g/mol. The monoisotopic (exact) mass is 299 g/mol. The zero-order valence-electron chi connectivity index (χ0n) is 11.6. The summed E-state index contributed by atoms with van der Waals surface area (Å²) < 4.78 is 0. The van der Waals surface area contributed by atoms with Gasteiger partial charge in [0.15, 0.2) is 0 Å². The Kier molecular flexibility index (Phi) is 4.01. The normalized spacial score (nSPS) is 16.6. The Morgan fingerprint density at radius 2 is 2.16 bits per heavy atom. The van der Waals surface area contributed by atoms with E-state index in [0.717, 1.165) is 16.4 Å². The third-order valence-corrected chi connectivity index (χ3v) is 6.18. The van der Waals surface area contributed by atoms with E-state index in [2.05, 4.69) is 19.2 Å². The largest absolute Gasteiger partial charge is 0.396 e. The molecule has 1 amide bonds. The van der Waals surface area contributed by atoms with E-state index < -0.39 is 5.91 Å². The van der Waals surface area contributed by atoms with Crippen molar-refractivity contribution in [2.75, 3.05) is 23.9 Å². The zero-order chi connectivity index (χ0) is 14.2. The van der Waals surface area contributed by atoms with Crippen molar-refractivity contribution in [2.24, 2.45) is 17.1 Å². The van der Waals surface area contributed by atoms with Crippen LogP contribution in [0.2, 0.25) is 0 Å². The van der Waals surface area contributed by atoms with Crippen LogP contribution in [0, 0.1) is 11.3 Å². The number of hydrogen-bond donors (Lipinski definition) is 3. The van der Waals surface area contributed by atoms with E-state index in [9.17, 15) is 4.79 Å². The predicted molar refractivity (Wildman–Crippen MR) is 84.0 cm³/mol. The highest BCUT2D eigenvalue weighted by Crippen LogP contribution is 2.52. The Labute approximate surface area is 122 Å². The molecular weight excluding hydrogens is 278 g/mol. The lowest BCUT2D eigenvalue weighted by Crippen LogP contribution is -2.20. The molecule has 5 N–H and O–H groups in total. The van der Waals surface area contributed by atoms with Crippen LogP contribution in [0.3, 0.4) is 0 Å². The Morgan fingerprint density at radius 1 is 1.53 bits per heavy atom. The van der Waals surface area contributed by atoms with Gasteiger partial charge >= 0.3 is 0 Å². The maximum atomic E-state index is 11.3. The number of carbonyl (C=O) groups excluding carboxylic acids is 1. The van der Waals surface area contributed by atoms with Gasteiger partial charge in [0.2, 0.25) is 0 Å². The van der Waals surface area contributed by atoms with Crippen LogP contribution < -0.4 is 16.8 Å². The Bertz CT molecular complexity index is 492. The van der Waals surface area contributed by atoms with Crippen LogP contribution in [0.25, 0.3) is 0 Å². The molecule has 0 spiro atoms. The molecule has 1 aromatic rings. The van der Waals surface area contributed by atoms with Crippen molar-refractivity contribution < 1.29 is 4.79 Å². The third kappa shape index (κ3) is 2.69. The van der Waals surface area contributed by atoms with Crippen molar-refractivity contribution in [2.45, 2.75) is 31.6 Å². The van der Waals surface area contributed by atoms with Gasteiger partial charge in [0.25, 0.3) is 5.91 Å². The van der Waals surface area contributed by atoms with Crippen LogP contribution in [-0.2, 0) is 0 Å². The van der Waals surface area contributed by atoms with E-state index in [1.165, 1.54) is 24.2 Å². The maximum absolute atomic E-state index is 11.3. The standard InChI is InChI=1S/C13H21N3OS2/c1-7(2)13(4-5-13)6-16-12-10(18-3)8(14)9(19-12)11(15)17/h7,16H,4-6,14H2,1-3H3,(H2,15,17). The maximum Gasteiger partial charge on any atom is 0.261 e. The summed E-state index contributed by atoms with van der Waals surface area (Å²) in [6, 6.07) is 0. The van der Waals surface area contributed by atoms with Crippen molar-refractivity contribution in [1.29, 1.82) is 0 Å². The molecule has 0 aliphatic heterocycles. The SMILES string of the molecule is CSc1c(NCC2(C(C)C)CC2)sc(C(N)=O)c1N. The van der Waals surface area contributed by atoms with Gasteiger partial charge in [-0.25, -0.2) is 0 Å². The first-order chi connectivity index (χ1) is 8.91. The van der Waals surface area contributed by atoms with Gasteiger partial charge in [-0.3, -0.25) is 4.79 Å². The summed E-state index contributed by atoms with van der Waals surface area (Å²) in [4.78, 5) is 12.7. The molecule has 0 saturated heterocycles. The molecule has 19 heavy (non-hydrogen) atoms. The first-order valence-corrected chi connectivity index (χ1v) is 8.45. The molecule has 6 heteroatoms. The van der Waals surface area contributed by atoms with Gasteiger partial charge < -0.3 is 16.8 Å². The lowest BCUT2D eigenvalue weighted by atomic mass is 9.92. The molecule has 0 unspecified atom stereocenters. The van der Waals surface area contributed by atoms with E-state index in [1.54, 1.807) is 11.8 Å². The molecule has 1 aromatic heterocycles. The van der Waals surface area contributed by atoms with Crippen LogP contribution in [0.4, 0.5) is 10.7 Å². The highest BCUT2D eigenvalue weighted by Gasteiger charge is 2.45. The molecule has 1 saturated carbocycles. The number of carbonyl (C=O) groups is 1. The van der Waals surface area contributed by atoms with Crippen LogP contribution in [-0.4, -0.2) is 18.7 Å². The van der Waals surface area contributed by atoms with E-state index >= 15 is 0 Å². The number of thioether (sulfide) groups is 1. The van der Waals surface area contributed by atoms with Gasteiger partial charge in [0.05, 0.1) is 10.6 Å². The van der Waals surface area contributed by atoms with Crippen molar-refractivity contribution in [3.63, 3.8) is 0 Å². The molecular formula is C13H21N3OS2. The van der Waals surface area contributed by atoms with Gasteiger partial charge in [-0.1, -0.05) is 13.8 Å². The van der Waals surface area contributed by atoms with E-state index in [-0.39, 0.29) is 0 Å². The molecule has 106 valence electrons. The number of amides is 1. The fraction of sp³-hybridized carbons (Fsp3) is 0.615. The van der Waals surface area contributed by atoms with E-state index in [1.807, 2.05) is 6.26 Å². The number of rotatable bonds is 6. The first kappa shape index (κ1) is 14.5. The summed E-state index contributed by atoms with van der Waals surface area (Å²) in [5.41, 5.74) is 12.3. The first-order valence-electron chi connectivity index (χ1n) is 6.41. The molecule has 0 aromatic carbocycles. The van der Waals surface area contributed by atoms with Crippen molar-refractivity contribution in [1.82, 2.24) is 0 Å². The van der Waals surface area contributed by atoms with Gasteiger partial charge in [-0.2, -0.15) is 0 Å². The highest BCUT2D eigenvalue weighted by molar-refractivity contribution is 7.99. The quantitative estimate of drug-likeness (QED) is 0.705. The number of anilines is 2.